The van der Waals surface area contributed by atoms with Crippen molar-refractivity contribution in [1.29, 1.82) is 0 Å². The molecule has 1 aliphatic carbocycles. The average Bonchev–Trinajstić information content (AvgIpc) is 2.61. The number of rotatable bonds is 6. The van der Waals surface area contributed by atoms with E-state index in [-0.39, 0.29) is 0 Å². The van der Waals surface area contributed by atoms with Crippen molar-refractivity contribution >= 4 is 23.5 Å². The van der Waals surface area contributed by atoms with Crippen molar-refractivity contribution in [3.8, 4) is 17.2 Å². The minimum atomic E-state index is 0.454. The second-order valence-electron chi connectivity index (χ2n) is 5.64. The highest BCUT2D eigenvalue weighted by Crippen LogP contribution is 2.37. The molecule has 7 heteroatoms. The van der Waals surface area contributed by atoms with Gasteiger partial charge in [0.15, 0.2) is 16.6 Å². The normalized spacial score (nSPS) is 15.1. The summed E-state index contributed by atoms with van der Waals surface area (Å²) < 4.78 is 15.9. The lowest BCUT2D eigenvalue weighted by Gasteiger charge is -2.23. The van der Waals surface area contributed by atoms with Gasteiger partial charge in [-0.1, -0.05) is 19.3 Å². The first-order chi connectivity index (χ1) is 11.7. The first-order valence-corrected chi connectivity index (χ1v) is 8.48. The molecule has 0 aromatic heterocycles. The van der Waals surface area contributed by atoms with Crippen molar-refractivity contribution in [2.45, 2.75) is 38.1 Å². The maximum atomic E-state index is 5.32. The molecule has 0 bridgehead atoms. The topological polar surface area (TPSA) is 64.1 Å². The second kappa shape index (κ2) is 9.32. The lowest BCUT2D eigenvalue weighted by Crippen LogP contribution is -2.40. The van der Waals surface area contributed by atoms with Gasteiger partial charge in [0.2, 0.25) is 5.75 Å². The maximum absolute atomic E-state index is 5.32. The van der Waals surface area contributed by atoms with Gasteiger partial charge in [-0.3, -0.25) is 5.43 Å². The summed E-state index contributed by atoms with van der Waals surface area (Å²) in [4.78, 5) is 0. The molecule has 1 saturated carbocycles. The van der Waals surface area contributed by atoms with Crippen molar-refractivity contribution in [2.75, 3.05) is 21.3 Å². The highest BCUT2D eigenvalue weighted by Gasteiger charge is 2.14. The fourth-order valence-corrected chi connectivity index (χ4v) is 3.03. The number of methoxy groups -OCH3 is 3. The van der Waals surface area contributed by atoms with Crippen molar-refractivity contribution < 1.29 is 14.2 Å². The van der Waals surface area contributed by atoms with Crippen LogP contribution in [0.25, 0.3) is 0 Å². The van der Waals surface area contributed by atoms with E-state index in [2.05, 4.69) is 15.8 Å². The van der Waals surface area contributed by atoms with Crippen LogP contribution < -0.4 is 25.0 Å². The minimum absolute atomic E-state index is 0.454. The van der Waals surface area contributed by atoms with Crippen LogP contribution in [0.1, 0.15) is 37.7 Å². The van der Waals surface area contributed by atoms with Crippen molar-refractivity contribution in [3.05, 3.63) is 17.7 Å². The van der Waals surface area contributed by atoms with Crippen LogP contribution in [0, 0.1) is 0 Å². The molecular weight excluding hydrogens is 326 g/mol. The molecule has 1 aromatic rings. The molecule has 0 spiro atoms. The number of hydrogen-bond donors (Lipinski definition) is 2. The Hall–Kier alpha value is -2.02. The highest BCUT2D eigenvalue weighted by atomic mass is 32.1. The fourth-order valence-electron chi connectivity index (χ4n) is 2.81. The van der Waals surface area contributed by atoms with Crippen LogP contribution in [0.4, 0.5) is 0 Å². The number of ether oxygens (including phenoxy) is 3. The van der Waals surface area contributed by atoms with Gasteiger partial charge in [0.25, 0.3) is 0 Å². The Morgan fingerprint density at radius 1 is 1.08 bits per heavy atom. The van der Waals surface area contributed by atoms with Crippen LogP contribution in [-0.2, 0) is 0 Å². The van der Waals surface area contributed by atoms with Crippen LogP contribution in [0.5, 0.6) is 17.2 Å². The summed E-state index contributed by atoms with van der Waals surface area (Å²) in [6.07, 6.45) is 7.83. The Kier molecular flexibility index (Phi) is 7.11. The maximum Gasteiger partial charge on any atom is 0.203 e. The van der Waals surface area contributed by atoms with Crippen LogP contribution in [0.15, 0.2) is 17.2 Å². The van der Waals surface area contributed by atoms with Crippen LogP contribution >= 0.6 is 12.2 Å². The monoisotopic (exact) mass is 351 g/mol. The van der Waals surface area contributed by atoms with Gasteiger partial charge in [0, 0.05) is 11.6 Å². The fraction of sp³-hybridized carbons (Fsp3) is 0.529. The number of hydrogen-bond acceptors (Lipinski definition) is 5. The van der Waals surface area contributed by atoms with Crippen LogP contribution in [-0.4, -0.2) is 38.7 Å². The molecule has 24 heavy (non-hydrogen) atoms. The number of nitrogens with one attached hydrogen (secondary N) is 2. The number of benzene rings is 1. The van der Waals surface area contributed by atoms with E-state index in [0.717, 1.165) is 5.56 Å². The Bertz CT molecular complexity index is 561. The highest BCUT2D eigenvalue weighted by molar-refractivity contribution is 7.80. The third-order valence-corrected chi connectivity index (χ3v) is 4.22. The first-order valence-electron chi connectivity index (χ1n) is 8.07. The summed E-state index contributed by atoms with van der Waals surface area (Å²) in [5.74, 6) is 1.72. The number of thiocarbonyl (C=S) groups is 1. The van der Waals surface area contributed by atoms with Crippen LogP contribution in [0.3, 0.4) is 0 Å². The van der Waals surface area contributed by atoms with E-state index in [1.54, 1.807) is 27.5 Å². The largest absolute Gasteiger partial charge is 0.493 e. The van der Waals surface area contributed by atoms with Crippen molar-refractivity contribution in [2.24, 2.45) is 5.10 Å². The molecule has 0 atom stereocenters. The molecular formula is C17H25N3O3S. The zero-order chi connectivity index (χ0) is 17.4. The summed E-state index contributed by atoms with van der Waals surface area (Å²) in [5, 5.41) is 8.04. The van der Waals surface area contributed by atoms with Crippen molar-refractivity contribution in [1.82, 2.24) is 10.7 Å². The van der Waals surface area contributed by atoms with Gasteiger partial charge >= 0.3 is 0 Å². The third-order valence-electron chi connectivity index (χ3n) is 4.01. The Morgan fingerprint density at radius 2 is 1.71 bits per heavy atom. The van der Waals surface area contributed by atoms with E-state index in [1.165, 1.54) is 32.1 Å². The van der Waals surface area contributed by atoms with Gasteiger partial charge in [-0.2, -0.15) is 5.10 Å². The minimum Gasteiger partial charge on any atom is -0.493 e. The Balaban J connectivity index is 1.96. The van der Waals surface area contributed by atoms with Gasteiger partial charge in [0.1, 0.15) is 0 Å². The van der Waals surface area contributed by atoms with E-state index < -0.39 is 0 Å². The Labute approximate surface area is 148 Å². The smallest absolute Gasteiger partial charge is 0.203 e. The standard InChI is InChI=1S/C17H25N3O3S/c1-21-14-9-12(10-15(22-2)16(14)23-3)11-18-20-17(24)19-13-7-5-4-6-8-13/h9-11,13H,4-8H2,1-3H3,(H2,19,20,24). The first kappa shape index (κ1) is 18.3. The molecule has 0 saturated heterocycles. The molecule has 6 nitrogen and oxygen atoms in total. The zero-order valence-corrected chi connectivity index (χ0v) is 15.2. The van der Waals surface area contributed by atoms with Gasteiger partial charge < -0.3 is 19.5 Å². The van der Waals surface area contributed by atoms with Gasteiger partial charge in [-0.15, -0.1) is 0 Å². The van der Waals surface area contributed by atoms with E-state index in [0.29, 0.717) is 28.4 Å². The molecule has 1 fully saturated rings. The molecule has 1 aromatic carbocycles. The van der Waals surface area contributed by atoms with E-state index in [1.807, 2.05) is 12.1 Å². The quantitative estimate of drug-likeness (QED) is 0.467. The van der Waals surface area contributed by atoms with E-state index in [4.69, 9.17) is 26.4 Å². The molecule has 0 aliphatic heterocycles. The van der Waals surface area contributed by atoms with E-state index in [9.17, 15) is 0 Å². The van der Waals surface area contributed by atoms with Crippen molar-refractivity contribution in [3.63, 3.8) is 0 Å². The predicted molar refractivity (Wildman–Crippen MR) is 99.4 cm³/mol. The van der Waals surface area contributed by atoms with Gasteiger partial charge in [0.05, 0.1) is 27.5 Å². The molecule has 0 unspecified atom stereocenters. The van der Waals surface area contributed by atoms with Gasteiger partial charge in [-0.05, 0) is 37.2 Å². The lowest BCUT2D eigenvalue weighted by atomic mass is 9.96. The SMILES string of the molecule is COc1cc(C=NNC(=S)NC2CCCCC2)cc(OC)c1OC. The van der Waals surface area contributed by atoms with Crippen LogP contribution in [0.2, 0.25) is 0 Å². The predicted octanol–water partition coefficient (Wildman–Crippen LogP) is 2.84. The molecule has 2 N–H and O–H groups in total. The number of hydrazone groups is 1. The second-order valence-corrected chi connectivity index (χ2v) is 6.05. The molecule has 0 amide bonds. The summed E-state index contributed by atoms with van der Waals surface area (Å²) >= 11 is 5.28. The number of nitrogens with zero attached hydrogens (tertiary/aromatic N) is 1. The third kappa shape index (κ3) is 4.99. The zero-order valence-electron chi connectivity index (χ0n) is 14.4. The summed E-state index contributed by atoms with van der Waals surface area (Å²) in [5.41, 5.74) is 3.68. The average molecular weight is 351 g/mol. The summed E-state index contributed by atoms with van der Waals surface area (Å²) in [6.45, 7) is 0. The molecule has 1 aliphatic rings. The van der Waals surface area contributed by atoms with E-state index >= 15 is 0 Å². The molecule has 0 heterocycles. The summed E-state index contributed by atoms with van der Waals surface area (Å²) in [7, 11) is 4.74. The molecule has 132 valence electrons. The molecule has 0 radical (unpaired) electrons. The Morgan fingerprint density at radius 3 is 2.25 bits per heavy atom. The lowest BCUT2D eigenvalue weighted by molar-refractivity contribution is 0.324. The summed E-state index contributed by atoms with van der Waals surface area (Å²) in [6, 6.07) is 4.10. The molecule has 2 rings (SSSR count). The van der Waals surface area contributed by atoms with Gasteiger partial charge in [-0.25, -0.2) is 0 Å².